The Balaban J connectivity index is 1.74. The van der Waals surface area contributed by atoms with Crippen molar-refractivity contribution in [3.8, 4) is 0 Å². The van der Waals surface area contributed by atoms with Gasteiger partial charge in [-0.2, -0.15) is 0 Å². The van der Waals surface area contributed by atoms with Gasteiger partial charge in [-0.3, -0.25) is 0 Å². The molecule has 0 aliphatic carbocycles. The van der Waals surface area contributed by atoms with Crippen LogP contribution in [0.2, 0.25) is 0 Å². The van der Waals surface area contributed by atoms with Crippen LogP contribution in [0.1, 0.15) is 25.7 Å². The minimum Gasteiger partial charge on any atom is -0.479 e. The third-order valence-corrected chi connectivity index (χ3v) is 4.19. The van der Waals surface area contributed by atoms with Crippen LogP contribution >= 0.6 is 0 Å². The van der Waals surface area contributed by atoms with Gasteiger partial charge in [-0.25, -0.2) is 4.79 Å². The molecule has 2 unspecified atom stereocenters. The predicted molar refractivity (Wildman–Crippen MR) is 68.7 cm³/mol. The van der Waals surface area contributed by atoms with E-state index in [-0.39, 0.29) is 6.10 Å². The van der Waals surface area contributed by atoms with Crippen LogP contribution in [0, 0.1) is 0 Å². The van der Waals surface area contributed by atoms with E-state index in [2.05, 4.69) is 23.9 Å². The molecule has 2 rings (SSSR count). The van der Waals surface area contributed by atoms with Gasteiger partial charge in [0.2, 0.25) is 0 Å². The molecule has 0 aromatic rings. The standard InChI is InChI=1S/C13H24N2O3/c1-14-7-5-10(6-8-14)15(2)9-11-3-4-12(18-11)13(16)17/h10-12H,3-9H2,1-2H3,(H,16,17). The second kappa shape index (κ2) is 5.99. The summed E-state index contributed by atoms with van der Waals surface area (Å²) in [5.41, 5.74) is 0. The zero-order valence-electron chi connectivity index (χ0n) is 11.3. The number of nitrogens with zero attached hydrogens (tertiary/aromatic N) is 2. The summed E-state index contributed by atoms with van der Waals surface area (Å²) in [6.07, 6.45) is 3.43. The summed E-state index contributed by atoms with van der Waals surface area (Å²) in [5, 5.41) is 8.90. The zero-order valence-corrected chi connectivity index (χ0v) is 11.3. The highest BCUT2D eigenvalue weighted by molar-refractivity contribution is 5.72. The number of carboxylic acids is 1. The minimum absolute atomic E-state index is 0.0933. The summed E-state index contributed by atoms with van der Waals surface area (Å²) in [6.45, 7) is 3.16. The van der Waals surface area contributed by atoms with E-state index >= 15 is 0 Å². The van der Waals surface area contributed by atoms with Crippen LogP contribution in [-0.4, -0.2) is 72.9 Å². The third-order valence-electron chi connectivity index (χ3n) is 4.19. The molecule has 2 aliphatic rings. The van der Waals surface area contributed by atoms with E-state index in [9.17, 15) is 4.79 Å². The number of rotatable bonds is 4. The van der Waals surface area contributed by atoms with Crippen LogP contribution in [0.5, 0.6) is 0 Å². The second-order valence-electron chi connectivity index (χ2n) is 5.64. The molecule has 18 heavy (non-hydrogen) atoms. The molecule has 2 saturated heterocycles. The molecule has 0 amide bonds. The minimum atomic E-state index is -0.820. The first-order valence-electron chi connectivity index (χ1n) is 6.83. The zero-order chi connectivity index (χ0) is 13.1. The van der Waals surface area contributed by atoms with E-state index in [4.69, 9.17) is 9.84 Å². The van der Waals surface area contributed by atoms with Crippen LogP contribution in [0.3, 0.4) is 0 Å². The molecule has 1 N–H and O–H groups in total. The maximum absolute atomic E-state index is 10.8. The quantitative estimate of drug-likeness (QED) is 0.800. The number of hydrogen-bond acceptors (Lipinski definition) is 4. The molecule has 5 nitrogen and oxygen atoms in total. The summed E-state index contributed by atoms with van der Waals surface area (Å²) in [7, 11) is 4.29. The van der Waals surface area contributed by atoms with Crippen molar-refractivity contribution in [3.63, 3.8) is 0 Å². The lowest BCUT2D eigenvalue weighted by molar-refractivity contribution is -0.149. The van der Waals surface area contributed by atoms with Gasteiger partial charge in [-0.1, -0.05) is 0 Å². The van der Waals surface area contributed by atoms with E-state index in [1.165, 1.54) is 12.8 Å². The molecule has 2 heterocycles. The highest BCUT2D eigenvalue weighted by Gasteiger charge is 2.32. The molecule has 2 fully saturated rings. The topological polar surface area (TPSA) is 53.0 Å². The lowest BCUT2D eigenvalue weighted by atomic mass is 10.0. The molecule has 2 atom stereocenters. The number of aliphatic carboxylic acids is 1. The molecule has 0 radical (unpaired) electrons. The van der Waals surface area contributed by atoms with Gasteiger partial charge in [0.25, 0.3) is 0 Å². The first-order chi connectivity index (χ1) is 8.56. The smallest absolute Gasteiger partial charge is 0.332 e. The van der Waals surface area contributed by atoms with Crippen LogP contribution < -0.4 is 0 Å². The van der Waals surface area contributed by atoms with Crippen LogP contribution in [0.4, 0.5) is 0 Å². The lowest BCUT2D eigenvalue weighted by Crippen LogP contribution is -2.44. The highest BCUT2D eigenvalue weighted by atomic mass is 16.5. The summed E-state index contributed by atoms with van der Waals surface area (Å²) in [6, 6.07) is 0.619. The van der Waals surface area contributed by atoms with Crippen LogP contribution in [0.15, 0.2) is 0 Å². The Hall–Kier alpha value is -0.650. The maximum atomic E-state index is 10.8. The molecule has 0 bridgehead atoms. The van der Waals surface area contributed by atoms with E-state index in [1.54, 1.807) is 0 Å². The monoisotopic (exact) mass is 256 g/mol. The Bertz CT molecular complexity index is 290. The Morgan fingerprint density at radius 1 is 1.33 bits per heavy atom. The highest BCUT2D eigenvalue weighted by Crippen LogP contribution is 2.22. The molecule has 0 spiro atoms. The number of carboxylic acid groups (broad SMARTS) is 1. The summed E-state index contributed by atoms with van der Waals surface area (Å²) in [5.74, 6) is -0.820. The SMILES string of the molecule is CN1CCC(N(C)CC2CCC(C(=O)O)O2)CC1. The van der Waals surface area contributed by atoms with Gasteiger partial charge < -0.3 is 19.6 Å². The van der Waals surface area contributed by atoms with E-state index in [0.717, 1.165) is 26.1 Å². The van der Waals surface area contributed by atoms with E-state index in [1.807, 2.05) is 0 Å². The number of ether oxygens (including phenoxy) is 1. The van der Waals surface area contributed by atoms with Crippen LogP contribution in [0.25, 0.3) is 0 Å². The van der Waals surface area contributed by atoms with Crippen molar-refractivity contribution < 1.29 is 14.6 Å². The van der Waals surface area contributed by atoms with Crippen molar-refractivity contribution in [2.45, 2.75) is 43.9 Å². The number of carbonyl (C=O) groups is 1. The third kappa shape index (κ3) is 3.43. The second-order valence-corrected chi connectivity index (χ2v) is 5.64. The fourth-order valence-electron chi connectivity index (χ4n) is 2.93. The molecule has 5 heteroatoms. The van der Waals surface area contributed by atoms with Gasteiger partial charge in [0.05, 0.1) is 6.10 Å². The summed E-state index contributed by atoms with van der Waals surface area (Å²) in [4.78, 5) is 15.5. The summed E-state index contributed by atoms with van der Waals surface area (Å²) < 4.78 is 5.55. The average molecular weight is 256 g/mol. The van der Waals surface area contributed by atoms with E-state index < -0.39 is 12.1 Å². The average Bonchev–Trinajstić information content (AvgIpc) is 2.78. The number of piperidine rings is 1. The van der Waals surface area contributed by atoms with Crippen molar-refractivity contribution in [1.82, 2.24) is 9.80 Å². The largest absolute Gasteiger partial charge is 0.479 e. The first kappa shape index (κ1) is 13.8. The van der Waals surface area contributed by atoms with Gasteiger partial charge in [0.1, 0.15) is 0 Å². The molecular weight excluding hydrogens is 232 g/mol. The van der Waals surface area contributed by atoms with E-state index in [0.29, 0.717) is 12.5 Å². The molecule has 0 aromatic carbocycles. The predicted octanol–water partition coefficient (Wildman–Crippen LogP) is 0.645. The normalized spacial score (nSPS) is 31.1. The molecule has 104 valence electrons. The van der Waals surface area contributed by atoms with Crippen molar-refractivity contribution in [3.05, 3.63) is 0 Å². The lowest BCUT2D eigenvalue weighted by Gasteiger charge is -2.36. The number of likely N-dealkylation sites (N-methyl/N-ethyl adjacent to an activating group) is 1. The maximum Gasteiger partial charge on any atom is 0.332 e. The van der Waals surface area contributed by atoms with Crippen molar-refractivity contribution >= 4 is 5.97 Å². The Kier molecular flexibility index (Phi) is 4.59. The molecule has 0 aromatic heterocycles. The number of hydrogen-bond donors (Lipinski definition) is 1. The van der Waals surface area contributed by atoms with Crippen LogP contribution in [-0.2, 0) is 9.53 Å². The van der Waals surface area contributed by atoms with Gasteiger partial charge in [0.15, 0.2) is 6.10 Å². The van der Waals surface area contributed by atoms with Crippen molar-refractivity contribution in [2.24, 2.45) is 0 Å². The van der Waals surface area contributed by atoms with Gasteiger partial charge in [-0.15, -0.1) is 0 Å². The molecular formula is C13H24N2O3. The van der Waals surface area contributed by atoms with Crippen molar-refractivity contribution in [2.75, 3.05) is 33.7 Å². The number of likely N-dealkylation sites (tertiary alicyclic amines) is 1. The summed E-state index contributed by atoms with van der Waals surface area (Å²) >= 11 is 0. The Labute approximate surface area is 109 Å². The fourth-order valence-corrected chi connectivity index (χ4v) is 2.93. The first-order valence-corrected chi connectivity index (χ1v) is 6.83. The Morgan fingerprint density at radius 2 is 2.00 bits per heavy atom. The Morgan fingerprint density at radius 3 is 2.56 bits per heavy atom. The van der Waals surface area contributed by atoms with Gasteiger partial charge >= 0.3 is 5.97 Å². The molecule has 0 saturated carbocycles. The van der Waals surface area contributed by atoms with Gasteiger partial charge in [0, 0.05) is 12.6 Å². The van der Waals surface area contributed by atoms with Crippen molar-refractivity contribution in [1.29, 1.82) is 0 Å². The van der Waals surface area contributed by atoms with Gasteiger partial charge in [-0.05, 0) is 52.9 Å². The molecule has 2 aliphatic heterocycles. The fraction of sp³-hybridized carbons (Fsp3) is 0.923.